The van der Waals surface area contributed by atoms with Crippen LogP contribution in [-0.2, 0) is 33.4 Å². The fourth-order valence-electron chi connectivity index (χ4n) is 4.68. The molecule has 0 bridgehead atoms. The van der Waals surface area contributed by atoms with Gasteiger partial charge in [0.05, 0.1) is 0 Å². The standard InChI is InChI=1S/C34H30O14/c35-22-8-1-19(2-9-22)5-12-31(42)48-32-27(46-29(40)13-6-20-3-10-23(36)25(38)15-20)17-34(45,33(43)44)18-28(32)47-30(41)14-7-21-4-11-24(37)26(39)16-21/h1-16,27-28,32,35-39,45H,17-18H2,(H,43,44). The third kappa shape index (κ3) is 9.14. The SMILES string of the molecule is O=C(C=Cc1ccc(O)c(O)c1)OC1CC(O)(C(=O)O)CC(OC(=O)C=Cc2ccc(O)c(O)c2)C1OC(=O)C=Cc1ccc(O)cc1. The summed E-state index contributed by atoms with van der Waals surface area (Å²) in [5.41, 5.74) is -1.55. The maximum absolute atomic E-state index is 12.9. The molecule has 0 radical (unpaired) electrons. The number of aliphatic hydroxyl groups is 1. The van der Waals surface area contributed by atoms with Gasteiger partial charge in [-0.2, -0.15) is 0 Å². The number of carbonyl (C=O) groups excluding carboxylic acids is 3. The highest BCUT2D eigenvalue weighted by Crippen LogP contribution is 2.35. The van der Waals surface area contributed by atoms with Gasteiger partial charge in [0.1, 0.15) is 18.0 Å². The number of aliphatic carboxylic acids is 1. The van der Waals surface area contributed by atoms with Crippen molar-refractivity contribution < 1.29 is 69.1 Å². The van der Waals surface area contributed by atoms with Crippen LogP contribution in [0.4, 0.5) is 0 Å². The maximum atomic E-state index is 12.9. The molecule has 0 aromatic heterocycles. The molecule has 0 amide bonds. The Hall–Kier alpha value is -6.28. The van der Waals surface area contributed by atoms with Crippen LogP contribution in [0.5, 0.6) is 28.7 Å². The van der Waals surface area contributed by atoms with Crippen molar-refractivity contribution >= 4 is 42.1 Å². The molecule has 7 N–H and O–H groups in total. The van der Waals surface area contributed by atoms with Crippen molar-refractivity contribution in [1.29, 1.82) is 0 Å². The van der Waals surface area contributed by atoms with Crippen molar-refractivity contribution in [2.45, 2.75) is 36.8 Å². The molecule has 1 fully saturated rings. The molecule has 0 aliphatic heterocycles. The summed E-state index contributed by atoms with van der Waals surface area (Å²) in [6, 6.07) is 13.2. The zero-order valence-electron chi connectivity index (χ0n) is 24.9. The largest absolute Gasteiger partial charge is 0.508 e. The lowest BCUT2D eigenvalue weighted by molar-refractivity contribution is -0.211. The number of esters is 3. The molecule has 48 heavy (non-hydrogen) atoms. The van der Waals surface area contributed by atoms with Crippen LogP contribution < -0.4 is 0 Å². The second kappa shape index (κ2) is 14.9. The number of carboxylic acids is 1. The molecule has 4 rings (SSSR count). The van der Waals surface area contributed by atoms with E-state index in [2.05, 4.69) is 0 Å². The predicted molar refractivity (Wildman–Crippen MR) is 166 cm³/mol. The van der Waals surface area contributed by atoms with E-state index >= 15 is 0 Å². The van der Waals surface area contributed by atoms with Gasteiger partial charge in [-0.05, 0) is 71.3 Å². The van der Waals surface area contributed by atoms with Crippen LogP contribution in [0.15, 0.2) is 78.9 Å². The van der Waals surface area contributed by atoms with Gasteiger partial charge in [-0.3, -0.25) is 0 Å². The quantitative estimate of drug-likeness (QED) is 0.0715. The van der Waals surface area contributed by atoms with E-state index in [4.69, 9.17) is 14.2 Å². The summed E-state index contributed by atoms with van der Waals surface area (Å²) in [4.78, 5) is 50.7. The van der Waals surface area contributed by atoms with Gasteiger partial charge in [-0.25, -0.2) is 19.2 Å². The van der Waals surface area contributed by atoms with E-state index in [9.17, 15) is 54.9 Å². The minimum Gasteiger partial charge on any atom is -0.508 e. The summed E-state index contributed by atoms with van der Waals surface area (Å²) in [5, 5.41) is 68.6. The molecule has 2 unspecified atom stereocenters. The summed E-state index contributed by atoms with van der Waals surface area (Å²) < 4.78 is 16.4. The molecule has 1 saturated carbocycles. The smallest absolute Gasteiger partial charge is 0.335 e. The van der Waals surface area contributed by atoms with Gasteiger partial charge in [-0.15, -0.1) is 0 Å². The van der Waals surface area contributed by atoms with E-state index in [1.807, 2.05) is 0 Å². The summed E-state index contributed by atoms with van der Waals surface area (Å²) in [6.45, 7) is 0. The highest BCUT2D eigenvalue weighted by Gasteiger charge is 2.54. The van der Waals surface area contributed by atoms with E-state index < -0.39 is 83.6 Å². The van der Waals surface area contributed by atoms with Crippen molar-refractivity contribution in [1.82, 2.24) is 0 Å². The Morgan fingerprint density at radius 3 is 1.40 bits per heavy atom. The van der Waals surface area contributed by atoms with Gasteiger partial charge < -0.3 is 50.0 Å². The first-order valence-corrected chi connectivity index (χ1v) is 14.2. The van der Waals surface area contributed by atoms with Gasteiger partial charge in [0, 0.05) is 31.1 Å². The number of rotatable bonds is 10. The first-order chi connectivity index (χ1) is 22.7. The molecular weight excluding hydrogens is 632 g/mol. The third-order valence-electron chi connectivity index (χ3n) is 7.12. The fourth-order valence-corrected chi connectivity index (χ4v) is 4.68. The lowest BCUT2D eigenvalue weighted by Gasteiger charge is -2.41. The Morgan fingerprint density at radius 2 is 0.979 bits per heavy atom. The summed E-state index contributed by atoms with van der Waals surface area (Å²) in [5.74, 6) is -6.64. The lowest BCUT2D eigenvalue weighted by Crippen LogP contribution is -2.59. The van der Waals surface area contributed by atoms with E-state index in [0.29, 0.717) is 5.56 Å². The molecule has 250 valence electrons. The van der Waals surface area contributed by atoms with Crippen LogP contribution >= 0.6 is 0 Å². The van der Waals surface area contributed by atoms with Crippen molar-refractivity contribution in [3.05, 3.63) is 95.6 Å². The molecule has 14 nitrogen and oxygen atoms in total. The monoisotopic (exact) mass is 662 g/mol. The van der Waals surface area contributed by atoms with Crippen molar-refractivity contribution in [2.75, 3.05) is 0 Å². The summed E-state index contributed by atoms with van der Waals surface area (Å²) in [6.07, 6.45) is 0.0860. The molecule has 0 spiro atoms. The molecule has 14 heteroatoms. The van der Waals surface area contributed by atoms with Gasteiger partial charge in [-0.1, -0.05) is 24.3 Å². The number of carboxylic acid groups (broad SMARTS) is 1. The molecule has 3 aromatic rings. The number of phenols is 5. The van der Waals surface area contributed by atoms with Crippen LogP contribution in [0.25, 0.3) is 18.2 Å². The normalized spacial score (nSPS) is 20.9. The molecule has 1 aliphatic carbocycles. The number of aromatic hydroxyl groups is 5. The van der Waals surface area contributed by atoms with Crippen LogP contribution in [0, 0.1) is 0 Å². The molecule has 1 aliphatic rings. The summed E-state index contributed by atoms with van der Waals surface area (Å²) in [7, 11) is 0. The maximum Gasteiger partial charge on any atom is 0.335 e. The first-order valence-electron chi connectivity index (χ1n) is 14.2. The highest BCUT2D eigenvalue weighted by molar-refractivity contribution is 5.89. The predicted octanol–water partition coefficient (Wildman–Crippen LogP) is 3.00. The number of carbonyl (C=O) groups is 4. The average Bonchev–Trinajstić information content (AvgIpc) is 3.03. The molecule has 2 atom stereocenters. The minimum atomic E-state index is -2.60. The molecule has 3 aromatic carbocycles. The molecular formula is C34H30O14. The zero-order valence-corrected chi connectivity index (χ0v) is 24.9. The second-order valence-electron chi connectivity index (χ2n) is 10.7. The minimum absolute atomic E-state index is 0.00955. The molecule has 0 saturated heterocycles. The zero-order chi connectivity index (χ0) is 35.0. The average molecular weight is 663 g/mol. The van der Waals surface area contributed by atoms with Crippen molar-refractivity contribution in [2.24, 2.45) is 0 Å². The Balaban J connectivity index is 1.61. The Labute approximate surface area is 272 Å². The van der Waals surface area contributed by atoms with Gasteiger partial charge >= 0.3 is 23.9 Å². The van der Waals surface area contributed by atoms with Crippen molar-refractivity contribution in [3.63, 3.8) is 0 Å². The van der Waals surface area contributed by atoms with Crippen LogP contribution in [0.1, 0.15) is 29.5 Å². The Bertz CT molecular complexity index is 1690. The van der Waals surface area contributed by atoms with E-state index in [0.717, 1.165) is 30.4 Å². The van der Waals surface area contributed by atoms with E-state index in [-0.39, 0.29) is 16.9 Å². The number of benzene rings is 3. The Morgan fingerprint density at radius 1 is 0.583 bits per heavy atom. The fraction of sp³-hybridized carbons (Fsp3) is 0.176. The molecule has 0 heterocycles. The number of ether oxygens (including phenoxy) is 3. The van der Waals surface area contributed by atoms with E-state index in [1.165, 1.54) is 66.8 Å². The van der Waals surface area contributed by atoms with Gasteiger partial charge in [0.2, 0.25) is 0 Å². The highest BCUT2D eigenvalue weighted by atomic mass is 16.6. The summed E-state index contributed by atoms with van der Waals surface area (Å²) >= 11 is 0. The number of hydrogen-bond acceptors (Lipinski definition) is 13. The second-order valence-corrected chi connectivity index (χ2v) is 10.7. The van der Waals surface area contributed by atoms with Crippen LogP contribution in [-0.4, -0.2) is 83.5 Å². The Kier molecular flexibility index (Phi) is 10.7. The van der Waals surface area contributed by atoms with Gasteiger partial charge in [0.25, 0.3) is 0 Å². The van der Waals surface area contributed by atoms with Crippen LogP contribution in [0.3, 0.4) is 0 Å². The lowest BCUT2D eigenvalue weighted by atomic mass is 9.79. The van der Waals surface area contributed by atoms with Gasteiger partial charge in [0.15, 0.2) is 34.7 Å². The first kappa shape index (κ1) is 34.6. The number of hydrogen-bond donors (Lipinski definition) is 7. The van der Waals surface area contributed by atoms with Crippen molar-refractivity contribution in [3.8, 4) is 28.7 Å². The van der Waals surface area contributed by atoms with Crippen LogP contribution in [0.2, 0.25) is 0 Å². The van der Waals surface area contributed by atoms with E-state index in [1.54, 1.807) is 0 Å². The third-order valence-corrected chi connectivity index (χ3v) is 7.12. The topological polar surface area (TPSA) is 238 Å². The number of phenolic OH excluding ortho intramolecular Hbond substituents is 5.